The summed E-state index contributed by atoms with van der Waals surface area (Å²) in [5, 5.41) is 6.13. The fourth-order valence-corrected chi connectivity index (χ4v) is 4.37. The van der Waals surface area contributed by atoms with Gasteiger partial charge in [-0.2, -0.15) is 0 Å². The fraction of sp³-hybridized carbons (Fsp3) is 0.320. The number of amides is 1. The molecule has 0 spiro atoms. The van der Waals surface area contributed by atoms with Gasteiger partial charge < -0.3 is 15.6 Å². The Morgan fingerprint density at radius 2 is 1.94 bits per heavy atom. The van der Waals surface area contributed by atoms with Crippen LogP contribution >= 0.6 is 0 Å². The SMILES string of the molecule is CC1(C)CC(=O)c2c([nH]c(-c3ccnc(NC(=O)[C@H]4C[C@@H]4F)c3)c2Nc2ccccc2)C1. The summed E-state index contributed by atoms with van der Waals surface area (Å²) in [6.45, 7) is 4.18. The number of hydrogen-bond donors (Lipinski definition) is 3. The van der Waals surface area contributed by atoms with E-state index in [9.17, 15) is 14.0 Å². The van der Waals surface area contributed by atoms with Gasteiger partial charge in [-0.25, -0.2) is 9.37 Å². The van der Waals surface area contributed by atoms with Crippen molar-refractivity contribution in [1.29, 1.82) is 0 Å². The van der Waals surface area contributed by atoms with Crippen molar-refractivity contribution in [3.63, 3.8) is 0 Å². The number of nitrogens with zero attached hydrogens (tertiary/aromatic N) is 1. The van der Waals surface area contributed by atoms with Gasteiger partial charge in [-0.3, -0.25) is 9.59 Å². The number of nitrogens with one attached hydrogen (secondary N) is 3. The van der Waals surface area contributed by atoms with Gasteiger partial charge in [-0.15, -0.1) is 0 Å². The number of carbonyl (C=O) groups is 2. The molecule has 1 fully saturated rings. The van der Waals surface area contributed by atoms with Crippen LogP contribution in [0.5, 0.6) is 0 Å². The Hall–Kier alpha value is -3.48. The molecule has 3 aromatic rings. The minimum atomic E-state index is -1.07. The Labute approximate surface area is 185 Å². The highest BCUT2D eigenvalue weighted by atomic mass is 19.1. The van der Waals surface area contributed by atoms with Crippen molar-refractivity contribution in [2.45, 2.75) is 39.3 Å². The highest BCUT2D eigenvalue weighted by Crippen LogP contribution is 2.43. The average Bonchev–Trinajstić information content (AvgIpc) is 3.37. The summed E-state index contributed by atoms with van der Waals surface area (Å²) in [5.74, 6) is -0.486. The number of rotatable bonds is 5. The van der Waals surface area contributed by atoms with Crippen molar-refractivity contribution >= 4 is 28.9 Å². The van der Waals surface area contributed by atoms with Crippen LogP contribution in [-0.2, 0) is 11.2 Å². The molecule has 1 saturated carbocycles. The van der Waals surface area contributed by atoms with Crippen molar-refractivity contribution in [3.8, 4) is 11.3 Å². The molecule has 6 nitrogen and oxygen atoms in total. The number of Topliss-reactive ketones (excluding diaryl/α,β-unsaturated/α-hetero) is 1. The first kappa shape index (κ1) is 20.4. The minimum absolute atomic E-state index is 0.0995. The number of alkyl halides is 1. The Bertz CT molecular complexity index is 1200. The predicted molar refractivity (Wildman–Crippen MR) is 122 cm³/mol. The van der Waals surface area contributed by atoms with E-state index in [-0.39, 0.29) is 23.5 Å². The molecule has 32 heavy (non-hydrogen) atoms. The van der Waals surface area contributed by atoms with E-state index in [1.807, 2.05) is 36.4 Å². The summed E-state index contributed by atoms with van der Waals surface area (Å²) in [6, 6.07) is 13.3. The number of H-pyrrole nitrogens is 1. The van der Waals surface area contributed by atoms with Crippen molar-refractivity contribution in [1.82, 2.24) is 9.97 Å². The molecule has 2 aromatic heterocycles. The van der Waals surface area contributed by atoms with Crippen molar-refractivity contribution in [3.05, 3.63) is 59.9 Å². The number of pyridine rings is 1. The first-order valence-electron chi connectivity index (χ1n) is 10.8. The van der Waals surface area contributed by atoms with E-state index >= 15 is 0 Å². The van der Waals surface area contributed by atoms with E-state index in [1.54, 1.807) is 12.3 Å². The van der Waals surface area contributed by atoms with E-state index < -0.39 is 12.1 Å². The van der Waals surface area contributed by atoms with Crippen molar-refractivity contribution in [2.24, 2.45) is 11.3 Å². The first-order valence-corrected chi connectivity index (χ1v) is 10.8. The van der Waals surface area contributed by atoms with Gasteiger partial charge in [0.2, 0.25) is 5.91 Å². The number of hydrogen-bond acceptors (Lipinski definition) is 4. The standard InChI is InChI=1S/C25H25FN4O2/c1-25(2)12-18-21(19(31)13-25)23(28-15-6-4-3-5-7-15)22(29-18)14-8-9-27-20(10-14)30-24(32)16-11-17(16)26/h3-10,16-17,28-29H,11-13H2,1-2H3,(H,27,30,32)/t16-,17-/m0/s1. The van der Waals surface area contributed by atoms with Crippen LogP contribution in [0.1, 0.15) is 42.7 Å². The smallest absolute Gasteiger partial charge is 0.231 e. The van der Waals surface area contributed by atoms with E-state index in [4.69, 9.17) is 0 Å². The molecule has 0 radical (unpaired) electrons. The van der Waals surface area contributed by atoms with Gasteiger partial charge >= 0.3 is 0 Å². The molecule has 0 bridgehead atoms. The Balaban J connectivity index is 1.55. The number of aromatic amines is 1. The quantitative estimate of drug-likeness (QED) is 0.512. The normalized spacial score (nSPS) is 21.0. The third-order valence-electron chi connectivity index (χ3n) is 6.04. The molecule has 7 heteroatoms. The van der Waals surface area contributed by atoms with Crippen LogP contribution in [0.4, 0.5) is 21.6 Å². The van der Waals surface area contributed by atoms with Crippen LogP contribution in [0.15, 0.2) is 48.7 Å². The van der Waals surface area contributed by atoms with E-state index in [1.165, 1.54) is 0 Å². The lowest BCUT2D eigenvalue weighted by atomic mass is 9.76. The predicted octanol–water partition coefficient (Wildman–Crippen LogP) is 5.27. The zero-order valence-electron chi connectivity index (χ0n) is 18.0. The van der Waals surface area contributed by atoms with Gasteiger partial charge in [-0.1, -0.05) is 32.0 Å². The maximum atomic E-state index is 13.2. The van der Waals surface area contributed by atoms with E-state index in [0.29, 0.717) is 17.8 Å². The number of aromatic nitrogens is 2. The Kier molecular flexibility index (Phi) is 4.84. The molecule has 1 amide bonds. The van der Waals surface area contributed by atoms with E-state index in [2.05, 4.69) is 34.4 Å². The second kappa shape index (κ2) is 7.58. The third-order valence-corrected chi connectivity index (χ3v) is 6.04. The molecule has 0 aliphatic heterocycles. The maximum absolute atomic E-state index is 13.2. The van der Waals surface area contributed by atoms with Gasteiger partial charge in [0, 0.05) is 29.6 Å². The van der Waals surface area contributed by atoms with E-state index in [0.717, 1.165) is 34.7 Å². The Morgan fingerprint density at radius 3 is 2.66 bits per heavy atom. The zero-order chi connectivity index (χ0) is 22.5. The van der Waals surface area contributed by atoms with Crippen LogP contribution in [0.3, 0.4) is 0 Å². The van der Waals surface area contributed by atoms with Gasteiger partial charge in [0.25, 0.3) is 0 Å². The average molecular weight is 432 g/mol. The summed E-state index contributed by atoms with van der Waals surface area (Å²) < 4.78 is 13.2. The molecule has 0 saturated heterocycles. The van der Waals surface area contributed by atoms with Crippen LogP contribution in [0.2, 0.25) is 0 Å². The summed E-state index contributed by atoms with van der Waals surface area (Å²) >= 11 is 0. The molecule has 2 heterocycles. The number of anilines is 3. The number of fused-ring (bicyclic) bond motifs is 1. The van der Waals surface area contributed by atoms with Crippen molar-refractivity contribution in [2.75, 3.05) is 10.6 Å². The number of halogens is 1. The zero-order valence-corrected chi connectivity index (χ0v) is 18.0. The molecule has 3 N–H and O–H groups in total. The lowest BCUT2D eigenvalue weighted by Gasteiger charge is -2.28. The highest BCUT2D eigenvalue weighted by molar-refractivity contribution is 6.08. The molecule has 5 rings (SSSR count). The summed E-state index contributed by atoms with van der Waals surface area (Å²) in [6.07, 6.45) is 2.03. The minimum Gasteiger partial charge on any atom is -0.356 e. The molecule has 164 valence electrons. The molecule has 2 aliphatic rings. The van der Waals surface area contributed by atoms with Gasteiger partial charge in [0.1, 0.15) is 12.0 Å². The highest BCUT2D eigenvalue weighted by Gasteiger charge is 2.43. The molecular weight excluding hydrogens is 407 g/mol. The topological polar surface area (TPSA) is 86.9 Å². The number of carbonyl (C=O) groups excluding carboxylic acids is 2. The monoisotopic (exact) mass is 432 g/mol. The maximum Gasteiger partial charge on any atom is 0.231 e. The number of ketones is 1. The van der Waals surface area contributed by atoms with Crippen molar-refractivity contribution < 1.29 is 14.0 Å². The van der Waals surface area contributed by atoms with Gasteiger partial charge in [0.05, 0.1) is 22.9 Å². The second-order valence-corrected chi connectivity index (χ2v) is 9.44. The molecular formula is C25H25FN4O2. The van der Waals surface area contributed by atoms with Crippen LogP contribution in [0.25, 0.3) is 11.3 Å². The van der Waals surface area contributed by atoms with Gasteiger partial charge in [-0.05, 0) is 42.5 Å². The number of para-hydroxylation sites is 1. The van der Waals surface area contributed by atoms with Gasteiger partial charge in [0.15, 0.2) is 5.78 Å². The molecule has 1 aromatic carbocycles. The molecule has 0 unspecified atom stereocenters. The third kappa shape index (κ3) is 3.90. The van der Waals surface area contributed by atoms with Crippen LogP contribution in [-0.4, -0.2) is 27.8 Å². The molecule has 2 atom stereocenters. The first-order chi connectivity index (χ1) is 15.3. The number of benzene rings is 1. The van der Waals surface area contributed by atoms with Crippen LogP contribution in [0, 0.1) is 11.3 Å². The fourth-order valence-electron chi connectivity index (χ4n) is 4.37. The summed E-state index contributed by atoms with van der Waals surface area (Å²) in [4.78, 5) is 33.0. The summed E-state index contributed by atoms with van der Waals surface area (Å²) in [7, 11) is 0. The summed E-state index contributed by atoms with van der Waals surface area (Å²) in [5.41, 5.74) is 4.60. The molecule has 2 aliphatic carbocycles. The lowest BCUT2D eigenvalue weighted by Crippen LogP contribution is -2.26. The Morgan fingerprint density at radius 1 is 1.19 bits per heavy atom. The second-order valence-electron chi connectivity index (χ2n) is 9.44. The lowest BCUT2D eigenvalue weighted by molar-refractivity contribution is -0.117. The van der Waals surface area contributed by atoms with Crippen LogP contribution < -0.4 is 10.6 Å². The largest absolute Gasteiger partial charge is 0.356 e.